The van der Waals surface area contributed by atoms with E-state index < -0.39 is 4.92 Å². The average molecular weight is 272 g/mol. The predicted molar refractivity (Wildman–Crippen MR) is 74.0 cm³/mol. The van der Waals surface area contributed by atoms with E-state index in [2.05, 4.69) is 0 Å². The number of Topliss-reactive ketones (excluding diaryl/α,β-unsaturated/α-hetero) is 1. The lowest BCUT2D eigenvalue weighted by Crippen LogP contribution is -1.96. The molecule has 0 bridgehead atoms. The molecule has 0 unspecified atom stereocenters. The van der Waals surface area contributed by atoms with Crippen molar-refractivity contribution in [1.29, 1.82) is 0 Å². The fourth-order valence-electron chi connectivity index (χ4n) is 1.66. The van der Waals surface area contributed by atoms with E-state index in [0.29, 0.717) is 17.1 Å². The summed E-state index contributed by atoms with van der Waals surface area (Å²) in [5, 5.41) is 10.6. The number of ketones is 1. The van der Waals surface area contributed by atoms with E-state index in [9.17, 15) is 14.9 Å². The summed E-state index contributed by atoms with van der Waals surface area (Å²) in [7, 11) is 0. The van der Waals surface area contributed by atoms with Gasteiger partial charge in [-0.15, -0.1) is 0 Å². The van der Waals surface area contributed by atoms with Gasteiger partial charge in [-0.05, 0) is 37.3 Å². The Bertz CT molecular complexity index is 665. The molecule has 0 aromatic heterocycles. The molecule has 0 aliphatic carbocycles. The Kier molecular flexibility index (Phi) is 3.65. The van der Waals surface area contributed by atoms with E-state index in [1.165, 1.54) is 25.1 Å². The topological polar surface area (TPSA) is 95.5 Å². The number of nitrogens with two attached hydrogens (primary N) is 1. The summed E-state index contributed by atoms with van der Waals surface area (Å²) in [5.74, 6) is 0.878. The summed E-state index contributed by atoms with van der Waals surface area (Å²) in [6, 6.07) is 10.7. The molecule has 6 heteroatoms. The number of nitro groups is 1. The van der Waals surface area contributed by atoms with Crippen LogP contribution < -0.4 is 10.5 Å². The number of hydrogen-bond acceptors (Lipinski definition) is 5. The fraction of sp³-hybridized carbons (Fsp3) is 0.0714. The van der Waals surface area contributed by atoms with Crippen LogP contribution in [0, 0.1) is 10.1 Å². The molecule has 0 heterocycles. The van der Waals surface area contributed by atoms with Crippen LogP contribution in [-0.2, 0) is 0 Å². The van der Waals surface area contributed by atoms with Crippen LogP contribution in [0.25, 0.3) is 0 Å². The molecule has 2 aromatic carbocycles. The van der Waals surface area contributed by atoms with Crippen LogP contribution in [-0.4, -0.2) is 10.7 Å². The maximum absolute atomic E-state index is 11.1. The van der Waals surface area contributed by atoms with Gasteiger partial charge in [-0.1, -0.05) is 0 Å². The third-order valence-electron chi connectivity index (χ3n) is 2.69. The van der Waals surface area contributed by atoms with E-state index in [1.54, 1.807) is 24.3 Å². The van der Waals surface area contributed by atoms with E-state index in [1.807, 2.05) is 0 Å². The van der Waals surface area contributed by atoms with Crippen molar-refractivity contribution >= 4 is 17.2 Å². The van der Waals surface area contributed by atoms with Gasteiger partial charge in [0, 0.05) is 17.7 Å². The van der Waals surface area contributed by atoms with Gasteiger partial charge in [0.2, 0.25) is 0 Å². The van der Waals surface area contributed by atoms with Crippen LogP contribution >= 0.6 is 0 Å². The number of carbonyl (C=O) groups is 1. The second-order valence-corrected chi connectivity index (χ2v) is 4.16. The van der Waals surface area contributed by atoms with Crippen molar-refractivity contribution in [3.8, 4) is 11.5 Å². The maximum atomic E-state index is 11.1. The standard InChI is InChI=1S/C14H12N2O4/c1-9(17)10-2-4-11(5-3-10)20-12-6-7-14(16(18)19)13(15)8-12/h2-8H,15H2,1H3. The molecule has 0 aliphatic heterocycles. The minimum Gasteiger partial charge on any atom is -0.457 e. The molecule has 0 fully saturated rings. The summed E-state index contributed by atoms with van der Waals surface area (Å²) < 4.78 is 5.51. The monoisotopic (exact) mass is 272 g/mol. The van der Waals surface area contributed by atoms with Gasteiger partial charge in [-0.3, -0.25) is 14.9 Å². The van der Waals surface area contributed by atoms with E-state index in [-0.39, 0.29) is 17.2 Å². The first-order valence-electron chi connectivity index (χ1n) is 5.80. The molecule has 0 saturated carbocycles. The largest absolute Gasteiger partial charge is 0.457 e. The summed E-state index contributed by atoms with van der Waals surface area (Å²) in [6.45, 7) is 1.48. The third-order valence-corrected chi connectivity index (χ3v) is 2.69. The summed E-state index contributed by atoms with van der Waals surface area (Å²) >= 11 is 0. The zero-order valence-electron chi connectivity index (χ0n) is 10.7. The van der Waals surface area contributed by atoms with Crippen LogP contribution in [0.4, 0.5) is 11.4 Å². The molecule has 0 spiro atoms. The minimum absolute atomic E-state index is 0.0314. The van der Waals surface area contributed by atoms with Crippen molar-refractivity contribution in [3.63, 3.8) is 0 Å². The number of hydrogen-bond donors (Lipinski definition) is 1. The highest BCUT2D eigenvalue weighted by molar-refractivity contribution is 5.94. The van der Waals surface area contributed by atoms with E-state index >= 15 is 0 Å². The van der Waals surface area contributed by atoms with Crippen LogP contribution in [0.3, 0.4) is 0 Å². The molecule has 2 rings (SSSR count). The minimum atomic E-state index is -0.555. The van der Waals surface area contributed by atoms with Gasteiger partial charge < -0.3 is 10.5 Å². The normalized spacial score (nSPS) is 10.1. The summed E-state index contributed by atoms with van der Waals surface area (Å²) in [5.41, 5.74) is 6.03. The molecule has 0 amide bonds. The van der Waals surface area contributed by atoms with Crippen molar-refractivity contribution in [3.05, 3.63) is 58.1 Å². The number of nitrogen functional groups attached to an aromatic ring is 1. The first-order valence-corrected chi connectivity index (χ1v) is 5.80. The number of carbonyl (C=O) groups excluding carboxylic acids is 1. The van der Waals surface area contributed by atoms with Crippen molar-refractivity contribution in [1.82, 2.24) is 0 Å². The van der Waals surface area contributed by atoms with Gasteiger partial charge in [0.1, 0.15) is 17.2 Å². The lowest BCUT2D eigenvalue weighted by atomic mass is 10.1. The Balaban J connectivity index is 2.19. The van der Waals surface area contributed by atoms with Gasteiger partial charge in [0.25, 0.3) is 5.69 Å². The van der Waals surface area contributed by atoms with Crippen LogP contribution in [0.1, 0.15) is 17.3 Å². The molecule has 0 aliphatic rings. The zero-order valence-corrected chi connectivity index (χ0v) is 10.7. The number of benzene rings is 2. The molecule has 2 aromatic rings. The second-order valence-electron chi connectivity index (χ2n) is 4.16. The highest BCUT2D eigenvalue weighted by Crippen LogP contribution is 2.29. The number of nitro benzene ring substituents is 1. The number of ether oxygens (including phenoxy) is 1. The molecule has 2 N–H and O–H groups in total. The third kappa shape index (κ3) is 2.92. The molecule has 102 valence electrons. The Morgan fingerprint density at radius 2 is 1.75 bits per heavy atom. The van der Waals surface area contributed by atoms with Gasteiger partial charge >= 0.3 is 0 Å². The first kappa shape index (κ1) is 13.5. The highest BCUT2D eigenvalue weighted by atomic mass is 16.6. The van der Waals surface area contributed by atoms with Gasteiger partial charge in [0.05, 0.1) is 4.92 Å². The molecule has 6 nitrogen and oxygen atoms in total. The van der Waals surface area contributed by atoms with Crippen LogP contribution in [0.15, 0.2) is 42.5 Å². The zero-order chi connectivity index (χ0) is 14.7. The Morgan fingerprint density at radius 1 is 1.15 bits per heavy atom. The van der Waals surface area contributed by atoms with Crippen molar-refractivity contribution in [2.45, 2.75) is 6.92 Å². The molecular formula is C14H12N2O4. The van der Waals surface area contributed by atoms with E-state index in [4.69, 9.17) is 10.5 Å². The quantitative estimate of drug-likeness (QED) is 0.399. The van der Waals surface area contributed by atoms with Gasteiger partial charge in [-0.25, -0.2) is 0 Å². The average Bonchev–Trinajstić information content (AvgIpc) is 2.39. The van der Waals surface area contributed by atoms with Crippen LogP contribution in [0.2, 0.25) is 0 Å². The second kappa shape index (κ2) is 5.40. The maximum Gasteiger partial charge on any atom is 0.292 e. The molecular weight excluding hydrogens is 260 g/mol. The number of anilines is 1. The van der Waals surface area contributed by atoms with Crippen molar-refractivity contribution < 1.29 is 14.5 Å². The fourth-order valence-corrected chi connectivity index (χ4v) is 1.66. The van der Waals surface area contributed by atoms with Crippen molar-refractivity contribution in [2.24, 2.45) is 0 Å². The van der Waals surface area contributed by atoms with Gasteiger partial charge in [0.15, 0.2) is 5.78 Å². The smallest absolute Gasteiger partial charge is 0.292 e. The van der Waals surface area contributed by atoms with Crippen LogP contribution in [0.5, 0.6) is 11.5 Å². The number of rotatable bonds is 4. The highest BCUT2D eigenvalue weighted by Gasteiger charge is 2.12. The molecule has 20 heavy (non-hydrogen) atoms. The Morgan fingerprint density at radius 3 is 2.25 bits per heavy atom. The number of nitrogens with zero attached hydrogens (tertiary/aromatic N) is 1. The Hall–Kier alpha value is -2.89. The molecule has 0 radical (unpaired) electrons. The SMILES string of the molecule is CC(=O)c1ccc(Oc2ccc([N+](=O)[O-])c(N)c2)cc1. The van der Waals surface area contributed by atoms with Gasteiger partial charge in [-0.2, -0.15) is 0 Å². The first-order chi connectivity index (χ1) is 9.47. The molecule has 0 saturated heterocycles. The predicted octanol–water partition coefficient (Wildman–Crippen LogP) is 3.17. The van der Waals surface area contributed by atoms with E-state index in [0.717, 1.165) is 0 Å². The lowest BCUT2D eigenvalue weighted by molar-refractivity contribution is -0.383. The Labute approximate surface area is 114 Å². The summed E-state index contributed by atoms with van der Waals surface area (Å²) in [4.78, 5) is 21.2. The van der Waals surface area contributed by atoms with Crippen molar-refractivity contribution in [2.75, 3.05) is 5.73 Å². The summed E-state index contributed by atoms with van der Waals surface area (Å²) in [6.07, 6.45) is 0. The lowest BCUT2D eigenvalue weighted by Gasteiger charge is -2.07. The molecule has 0 atom stereocenters.